The molecule has 4 aromatic carbocycles. The van der Waals surface area contributed by atoms with E-state index in [-0.39, 0.29) is 11.5 Å². The van der Waals surface area contributed by atoms with Crippen LogP contribution in [0, 0.1) is 0 Å². The highest BCUT2D eigenvalue weighted by molar-refractivity contribution is 6.00. The van der Waals surface area contributed by atoms with Crippen molar-refractivity contribution in [3.05, 3.63) is 119 Å². The zero-order valence-electron chi connectivity index (χ0n) is 19.7. The van der Waals surface area contributed by atoms with Crippen molar-refractivity contribution in [3.63, 3.8) is 0 Å². The summed E-state index contributed by atoms with van der Waals surface area (Å²) in [6, 6.07) is 30.2. The standard InChI is InChI=1S/C30H26N4O2/c35-28-11-7-22(8-12-28)19-32-26-5-1-3-24(17-26)21-34-16-15-31-30(34)25-4-2-6-27(18-25)33-20-23-9-13-29(36)14-10-23/h1-14,17-20,35-36H,15-16,21H2. The predicted octanol–water partition coefficient (Wildman–Crippen LogP) is 5.86. The minimum absolute atomic E-state index is 0.239. The lowest BCUT2D eigenvalue weighted by atomic mass is 10.1. The first-order chi connectivity index (χ1) is 17.6. The van der Waals surface area contributed by atoms with Crippen LogP contribution in [0.25, 0.3) is 0 Å². The fourth-order valence-electron chi connectivity index (χ4n) is 4.01. The smallest absolute Gasteiger partial charge is 0.131 e. The summed E-state index contributed by atoms with van der Waals surface area (Å²) in [5.74, 6) is 1.45. The zero-order chi connectivity index (χ0) is 24.7. The lowest BCUT2D eigenvalue weighted by Crippen LogP contribution is -2.27. The Labute approximate surface area is 210 Å². The Morgan fingerprint density at radius 3 is 1.94 bits per heavy atom. The first kappa shape index (κ1) is 23.1. The summed E-state index contributed by atoms with van der Waals surface area (Å²) in [5, 5.41) is 18.9. The Hall–Kier alpha value is -4.71. The van der Waals surface area contributed by atoms with E-state index < -0.39 is 0 Å². The number of hydrogen-bond acceptors (Lipinski definition) is 6. The van der Waals surface area contributed by atoms with Crippen molar-refractivity contribution in [2.45, 2.75) is 6.54 Å². The Morgan fingerprint density at radius 1 is 0.722 bits per heavy atom. The molecule has 0 fully saturated rings. The summed E-state index contributed by atoms with van der Waals surface area (Å²) in [6.07, 6.45) is 3.59. The van der Waals surface area contributed by atoms with E-state index in [0.717, 1.165) is 59.1 Å². The Balaban J connectivity index is 1.28. The molecule has 0 aromatic heterocycles. The van der Waals surface area contributed by atoms with Gasteiger partial charge in [0.2, 0.25) is 0 Å². The molecule has 0 amide bonds. The SMILES string of the molecule is Oc1ccc(C=Nc2cccc(CN3CCN=C3c3cccc(N=Cc4ccc(O)cc4)c3)c2)cc1. The van der Waals surface area contributed by atoms with E-state index in [9.17, 15) is 10.2 Å². The van der Waals surface area contributed by atoms with Gasteiger partial charge in [0, 0.05) is 31.1 Å². The van der Waals surface area contributed by atoms with Crippen molar-refractivity contribution in [2.75, 3.05) is 13.1 Å². The van der Waals surface area contributed by atoms with Gasteiger partial charge >= 0.3 is 0 Å². The molecule has 1 aliphatic heterocycles. The van der Waals surface area contributed by atoms with Crippen LogP contribution in [0.1, 0.15) is 22.3 Å². The van der Waals surface area contributed by atoms with Gasteiger partial charge in [-0.3, -0.25) is 15.0 Å². The molecule has 36 heavy (non-hydrogen) atoms. The van der Waals surface area contributed by atoms with Crippen molar-refractivity contribution in [3.8, 4) is 11.5 Å². The van der Waals surface area contributed by atoms with Crippen LogP contribution in [0.2, 0.25) is 0 Å². The molecular weight excluding hydrogens is 448 g/mol. The van der Waals surface area contributed by atoms with E-state index >= 15 is 0 Å². The fraction of sp³-hybridized carbons (Fsp3) is 0.100. The van der Waals surface area contributed by atoms with Crippen LogP contribution in [0.5, 0.6) is 11.5 Å². The molecule has 2 N–H and O–H groups in total. The van der Waals surface area contributed by atoms with E-state index in [1.165, 1.54) is 0 Å². The maximum atomic E-state index is 9.45. The van der Waals surface area contributed by atoms with Crippen molar-refractivity contribution in [2.24, 2.45) is 15.0 Å². The van der Waals surface area contributed by atoms with E-state index in [1.54, 1.807) is 36.7 Å². The Morgan fingerprint density at radius 2 is 1.31 bits per heavy atom. The number of benzene rings is 4. The molecule has 5 rings (SSSR count). The van der Waals surface area contributed by atoms with Crippen LogP contribution in [-0.2, 0) is 6.54 Å². The Bertz CT molecular complexity index is 1420. The average molecular weight is 475 g/mol. The van der Waals surface area contributed by atoms with Crippen LogP contribution < -0.4 is 0 Å². The molecule has 0 unspecified atom stereocenters. The van der Waals surface area contributed by atoms with Crippen molar-refractivity contribution < 1.29 is 10.2 Å². The second kappa shape index (κ2) is 10.7. The third-order valence-corrected chi connectivity index (χ3v) is 5.83. The summed E-state index contributed by atoms with van der Waals surface area (Å²) in [5.41, 5.74) is 5.77. The highest BCUT2D eigenvalue weighted by atomic mass is 16.3. The second-order valence-electron chi connectivity index (χ2n) is 8.55. The Kier molecular flexibility index (Phi) is 6.85. The summed E-state index contributed by atoms with van der Waals surface area (Å²) in [4.78, 5) is 16.2. The van der Waals surface area contributed by atoms with Crippen LogP contribution >= 0.6 is 0 Å². The van der Waals surface area contributed by atoms with E-state index in [0.29, 0.717) is 0 Å². The number of rotatable bonds is 7. The monoisotopic (exact) mass is 474 g/mol. The van der Waals surface area contributed by atoms with Crippen molar-refractivity contribution >= 4 is 29.6 Å². The predicted molar refractivity (Wildman–Crippen MR) is 145 cm³/mol. The molecule has 178 valence electrons. The van der Waals surface area contributed by atoms with Crippen molar-refractivity contribution in [1.82, 2.24) is 4.90 Å². The number of aliphatic imine (C=N–C) groups is 3. The minimum Gasteiger partial charge on any atom is -0.508 e. The number of hydrogen-bond donors (Lipinski definition) is 2. The van der Waals surface area contributed by atoms with Gasteiger partial charge in [0.1, 0.15) is 17.3 Å². The summed E-state index contributed by atoms with van der Waals surface area (Å²) in [7, 11) is 0. The van der Waals surface area contributed by atoms with Gasteiger partial charge < -0.3 is 15.1 Å². The second-order valence-corrected chi connectivity index (χ2v) is 8.55. The molecule has 6 nitrogen and oxygen atoms in total. The first-order valence-electron chi connectivity index (χ1n) is 11.8. The molecule has 0 aliphatic carbocycles. The highest BCUT2D eigenvalue weighted by Gasteiger charge is 2.19. The fourth-order valence-corrected chi connectivity index (χ4v) is 4.01. The van der Waals surface area contributed by atoms with Gasteiger partial charge in [0.15, 0.2) is 0 Å². The lowest BCUT2D eigenvalue weighted by molar-refractivity contribution is 0.453. The lowest BCUT2D eigenvalue weighted by Gasteiger charge is -2.21. The number of phenols is 2. The van der Waals surface area contributed by atoms with Gasteiger partial charge in [-0.2, -0.15) is 0 Å². The van der Waals surface area contributed by atoms with Gasteiger partial charge in [0.25, 0.3) is 0 Å². The van der Waals surface area contributed by atoms with Gasteiger partial charge in [-0.05, 0) is 89.5 Å². The quantitative estimate of drug-likeness (QED) is 0.329. The zero-order valence-corrected chi connectivity index (χ0v) is 19.7. The summed E-state index contributed by atoms with van der Waals surface area (Å²) < 4.78 is 0. The van der Waals surface area contributed by atoms with Crippen LogP contribution in [0.3, 0.4) is 0 Å². The van der Waals surface area contributed by atoms with Crippen LogP contribution in [-0.4, -0.2) is 46.5 Å². The van der Waals surface area contributed by atoms with Crippen LogP contribution in [0.15, 0.2) is 112 Å². The van der Waals surface area contributed by atoms with E-state index in [2.05, 4.69) is 33.1 Å². The van der Waals surface area contributed by atoms with Crippen LogP contribution in [0.4, 0.5) is 11.4 Å². The number of aromatic hydroxyl groups is 2. The topological polar surface area (TPSA) is 80.8 Å². The molecule has 0 radical (unpaired) electrons. The number of phenolic OH excluding ortho intramolecular Hbond substituents is 2. The van der Waals surface area contributed by atoms with E-state index in [1.807, 2.05) is 54.6 Å². The molecule has 4 aromatic rings. The molecule has 1 aliphatic rings. The third kappa shape index (κ3) is 5.85. The molecule has 1 heterocycles. The molecule has 0 atom stereocenters. The average Bonchev–Trinajstić information content (AvgIpc) is 3.36. The minimum atomic E-state index is 0.239. The van der Waals surface area contributed by atoms with Gasteiger partial charge in [-0.1, -0.05) is 24.3 Å². The number of nitrogens with zero attached hydrogens (tertiary/aromatic N) is 4. The maximum absolute atomic E-state index is 9.45. The summed E-state index contributed by atoms with van der Waals surface area (Å²) >= 11 is 0. The molecule has 0 spiro atoms. The van der Waals surface area contributed by atoms with Gasteiger partial charge in [-0.15, -0.1) is 0 Å². The third-order valence-electron chi connectivity index (χ3n) is 5.83. The highest BCUT2D eigenvalue weighted by Crippen LogP contribution is 2.22. The molecule has 0 saturated heterocycles. The van der Waals surface area contributed by atoms with Crippen molar-refractivity contribution in [1.29, 1.82) is 0 Å². The molecule has 0 saturated carbocycles. The normalized spacial score (nSPS) is 13.6. The summed E-state index contributed by atoms with van der Waals surface area (Å²) in [6.45, 7) is 2.36. The first-order valence-corrected chi connectivity index (χ1v) is 11.8. The van der Waals surface area contributed by atoms with Gasteiger partial charge in [0.05, 0.1) is 17.9 Å². The van der Waals surface area contributed by atoms with E-state index in [4.69, 9.17) is 4.99 Å². The largest absolute Gasteiger partial charge is 0.508 e. The maximum Gasteiger partial charge on any atom is 0.131 e. The number of amidine groups is 1. The molecule has 6 heteroatoms. The molecular formula is C30H26N4O2. The van der Waals surface area contributed by atoms with Gasteiger partial charge in [-0.25, -0.2) is 0 Å². The molecule has 0 bridgehead atoms.